The molecule has 2 nitrogen and oxygen atoms in total. The summed E-state index contributed by atoms with van der Waals surface area (Å²) in [7, 11) is 0. The van der Waals surface area contributed by atoms with Crippen molar-refractivity contribution in [3.05, 3.63) is 28.5 Å². The first-order valence-electron chi connectivity index (χ1n) is 6.12. The second-order valence-corrected chi connectivity index (χ2v) is 5.94. The average molecular weight is 248 g/mol. The Morgan fingerprint density at radius 2 is 2.06 bits per heavy atom. The minimum absolute atomic E-state index is 0.276. The van der Waals surface area contributed by atoms with Gasteiger partial charge in [-0.15, -0.1) is 0 Å². The van der Waals surface area contributed by atoms with Gasteiger partial charge in [0.25, 0.3) is 0 Å². The van der Waals surface area contributed by atoms with Gasteiger partial charge in [0.1, 0.15) is 0 Å². The number of rotatable bonds is 3. The van der Waals surface area contributed by atoms with Gasteiger partial charge in [-0.25, -0.2) is 0 Å². The molecule has 0 saturated carbocycles. The fourth-order valence-electron chi connectivity index (χ4n) is 1.97. The molecule has 92 valence electrons. The van der Waals surface area contributed by atoms with Gasteiger partial charge in [0.05, 0.1) is 11.0 Å². The van der Waals surface area contributed by atoms with Crippen molar-refractivity contribution in [2.24, 2.45) is 5.41 Å². The molecule has 0 aliphatic rings. The van der Waals surface area contributed by atoms with Crippen molar-refractivity contribution in [1.29, 1.82) is 0 Å². The molecule has 0 unspecified atom stereocenters. The first-order valence-corrected chi connectivity index (χ1v) is 6.53. The Morgan fingerprint density at radius 3 is 2.71 bits per heavy atom. The molecule has 0 spiro atoms. The Hall–Kier alpha value is -1.09. The van der Waals surface area contributed by atoms with E-state index in [-0.39, 0.29) is 5.41 Å². The van der Waals surface area contributed by atoms with E-state index in [0.717, 1.165) is 23.3 Å². The molecule has 0 atom stereocenters. The fourth-order valence-corrected chi connectivity index (χ4v) is 2.25. The largest absolute Gasteiger partial charge is 0.331 e. The quantitative estimate of drug-likeness (QED) is 0.796. The summed E-state index contributed by atoms with van der Waals surface area (Å²) in [6, 6.07) is 6.45. The molecule has 1 aromatic heterocycles. The summed E-state index contributed by atoms with van der Waals surface area (Å²) in [6.07, 6.45) is 1.15. The first-order chi connectivity index (χ1) is 7.93. The molecule has 0 saturated heterocycles. The van der Waals surface area contributed by atoms with E-state index < -0.39 is 0 Å². The molecule has 17 heavy (non-hydrogen) atoms. The highest BCUT2D eigenvalue weighted by Gasteiger charge is 2.17. The third-order valence-corrected chi connectivity index (χ3v) is 3.80. The summed E-state index contributed by atoms with van der Waals surface area (Å²) in [5.74, 6) is 0. The third kappa shape index (κ3) is 2.44. The first kappa shape index (κ1) is 12.4. The van der Waals surface area contributed by atoms with E-state index in [0.29, 0.717) is 0 Å². The molecule has 2 rings (SSSR count). The number of benzene rings is 1. The highest BCUT2D eigenvalue weighted by atomic mass is 32.1. The molecule has 0 bridgehead atoms. The molecular weight excluding hydrogens is 228 g/mol. The highest BCUT2D eigenvalue weighted by Crippen LogP contribution is 2.25. The topological polar surface area (TPSA) is 20.7 Å². The molecular formula is C14H20N2S. The number of nitrogens with zero attached hydrogens (tertiary/aromatic N) is 1. The van der Waals surface area contributed by atoms with Crippen LogP contribution in [0, 0.1) is 17.1 Å². The Kier molecular flexibility index (Phi) is 3.13. The van der Waals surface area contributed by atoms with Gasteiger partial charge < -0.3 is 9.55 Å². The van der Waals surface area contributed by atoms with Crippen LogP contribution in [-0.2, 0) is 6.54 Å². The zero-order valence-electron chi connectivity index (χ0n) is 11.0. The second kappa shape index (κ2) is 4.30. The van der Waals surface area contributed by atoms with Gasteiger partial charge in [-0.1, -0.05) is 26.8 Å². The fraction of sp³-hybridized carbons (Fsp3) is 0.500. The van der Waals surface area contributed by atoms with Gasteiger partial charge in [0.2, 0.25) is 0 Å². The zero-order chi connectivity index (χ0) is 12.6. The number of hydrogen-bond acceptors (Lipinski definition) is 1. The smallest absolute Gasteiger partial charge is 0.178 e. The van der Waals surface area contributed by atoms with Crippen molar-refractivity contribution in [1.82, 2.24) is 9.55 Å². The number of fused-ring (bicyclic) bond motifs is 1. The predicted molar refractivity (Wildman–Crippen MR) is 75.9 cm³/mol. The lowest BCUT2D eigenvalue weighted by atomic mass is 9.90. The second-order valence-electron chi connectivity index (χ2n) is 5.55. The SMILES string of the molecule is CCC(C)(C)Cn1c(=S)[nH]c2cc(C)ccc21. The molecule has 0 fully saturated rings. The van der Waals surface area contributed by atoms with E-state index in [1.54, 1.807) is 0 Å². The van der Waals surface area contributed by atoms with E-state index in [1.807, 2.05) is 0 Å². The molecule has 0 amide bonds. The summed E-state index contributed by atoms with van der Waals surface area (Å²) in [4.78, 5) is 3.29. The van der Waals surface area contributed by atoms with Gasteiger partial charge in [0, 0.05) is 6.54 Å². The van der Waals surface area contributed by atoms with Crippen LogP contribution in [0.2, 0.25) is 0 Å². The summed E-state index contributed by atoms with van der Waals surface area (Å²) in [5, 5.41) is 0. The Labute approximate surface area is 108 Å². The molecule has 0 aliphatic carbocycles. The lowest BCUT2D eigenvalue weighted by Gasteiger charge is -2.23. The van der Waals surface area contributed by atoms with Crippen molar-refractivity contribution in [2.75, 3.05) is 0 Å². The minimum atomic E-state index is 0.276. The predicted octanol–water partition coefficient (Wildman–Crippen LogP) is 4.44. The number of H-pyrrole nitrogens is 1. The van der Waals surface area contributed by atoms with Crippen molar-refractivity contribution in [2.45, 2.75) is 40.7 Å². The Morgan fingerprint density at radius 1 is 1.35 bits per heavy atom. The average Bonchev–Trinajstić information content (AvgIpc) is 2.54. The maximum Gasteiger partial charge on any atom is 0.178 e. The summed E-state index contributed by atoms with van der Waals surface area (Å²) < 4.78 is 3.04. The van der Waals surface area contributed by atoms with Crippen LogP contribution in [0.3, 0.4) is 0 Å². The van der Waals surface area contributed by atoms with Gasteiger partial charge in [-0.2, -0.15) is 0 Å². The van der Waals surface area contributed by atoms with Crippen LogP contribution in [0.4, 0.5) is 0 Å². The number of aromatic nitrogens is 2. The van der Waals surface area contributed by atoms with Crippen LogP contribution in [0.5, 0.6) is 0 Å². The number of imidazole rings is 1. The van der Waals surface area contributed by atoms with Crippen molar-refractivity contribution >= 4 is 23.3 Å². The Balaban J connectivity index is 2.54. The lowest BCUT2D eigenvalue weighted by molar-refractivity contribution is 0.297. The van der Waals surface area contributed by atoms with Gasteiger partial charge in [-0.05, 0) is 48.7 Å². The normalized spacial score (nSPS) is 12.2. The number of aromatic amines is 1. The van der Waals surface area contributed by atoms with Crippen LogP contribution >= 0.6 is 12.2 Å². The summed E-state index contributed by atoms with van der Waals surface area (Å²) in [6.45, 7) is 9.85. The van der Waals surface area contributed by atoms with E-state index in [1.165, 1.54) is 11.1 Å². The van der Waals surface area contributed by atoms with Crippen LogP contribution in [0.25, 0.3) is 11.0 Å². The molecule has 1 heterocycles. The zero-order valence-corrected chi connectivity index (χ0v) is 11.8. The van der Waals surface area contributed by atoms with Gasteiger partial charge in [0.15, 0.2) is 4.77 Å². The summed E-state index contributed by atoms with van der Waals surface area (Å²) >= 11 is 5.42. The number of hydrogen-bond donors (Lipinski definition) is 1. The van der Waals surface area contributed by atoms with Crippen LogP contribution in [-0.4, -0.2) is 9.55 Å². The van der Waals surface area contributed by atoms with Crippen LogP contribution in [0.1, 0.15) is 32.8 Å². The van der Waals surface area contributed by atoms with Gasteiger partial charge >= 0.3 is 0 Å². The number of nitrogens with one attached hydrogen (secondary N) is 1. The van der Waals surface area contributed by atoms with E-state index >= 15 is 0 Å². The van der Waals surface area contributed by atoms with E-state index in [9.17, 15) is 0 Å². The highest BCUT2D eigenvalue weighted by molar-refractivity contribution is 7.71. The van der Waals surface area contributed by atoms with Crippen molar-refractivity contribution in [3.63, 3.8) is 0 Å². The number of aryl methyl sites for hydroxylation is 1. The molecule has 1 aromatic carbocycles. The monoisotopic (exact) mass is 248 g/mol. The van der Waals surface area contributed by atoms with E-state index in [2.05, 4.69) is 55.4 Å². The van der Waals surface area contributed by atoms with Crippen LogP contribution in [0.15, 0.2) is 18.2 Å². The molecule has 0 aliphatic heterocycles. The maximum atomic E-state index is 5.42. The molecule has 0 radical (unpaired) electrons. The van der Waals surface area contributed by atoms with Crippen molar-refractivity contribution < 1.29 is 0 Å². The minimum Gasteiger partial charge on any atom is -0.331 e. The Bertz CT molecular complexity index is 590. The standard InChI is InChI=1S/C14H20N2S/c1-5-14(3,4)9-16-12-7-6-10(2)8-11(12)15-13(16)17/h6-8H,5,9H2,1-4H3,(H,15,17). The van der Waals surface area contributed by atoms with Gasteiger partial charge in [-0.3, -0.25) is 0 Å². The third-order valence-electron chi connectivity index (χ3n) is 3.47. The maximum absolute atomic E-state index is 5.42. The molecule has 1 N–H and O–H groups in total. The lowest BCUT2D eigenvalue weighted by Crippen LogP contribution is -2.18. The molecule has 3 heteroatoms. The summed E-state index contributed by atoms with van der Waals surface area (Å²) in [5.41, 5.74) is 3.89. The van der Waals surface area contributed by atoms with Crippen LogP contribution < -0.4 is 0 Å². The van der Waals surface area contributed by atoms with Crippen molar-refractivity contribution in [3.8, 4) is 0 Å². The van der Waals surface area contributed by atoms with E-state index in [4.69, 9.17) is 12.2 Å². The molecule has 2 aromatic rings.